The van der Waals surface area contributed by atoms with Crippen LogP contribution in [0, 0.1) is 18.2 Å². The van der Waals surface area contributed by atoms with Crippen LogP contribution in [0.25, 0.3) is 0 Å². The molecule has 0 aliphatic heterocycles. The highest BCUT2D eigenvalue weighted by molar-refractivity contribution is 7.89. The van der Waals surface area contributed by atoms with Gasteiger partial charge in [-0.2, -0.15) is 0 Å². The van der Waals surface area contributed by atoms with E-state index in [1.165, 1.54) is 0 Å². The van der Waals surface area contributed by atoms with E-state index in [0.717, 1.165) is 12.1 Å². The first-order valence-electron chi connectivity index (χ1n) is 5.80. The number of sulfonamides is 1. The van der Waals surface area contributed by atoms with Crippen molar-refractivity contribution in [3.8, 4) is 12.3 Å². The fourth-order valence-electron chi connectivity index (χ4n) is 1.55. The van der Waals surface area contributed by atoms with E-state index in [2.05, 4.69) is 10.6 Å². The molecule has 1 atom stereocenters. The van der Waals surface area contributed by atoms with Gasteiger partial charge < -0.3 is 5.11 Å². The Labute approximate surface area is 116 Å². The third-order valence-corrected chi connectivity index (χ3v) is 4.20. The van der Waals surface area contributed by atoms with Crippen molar-refractivity contribution in [2.24, 2.45) is 0 Å². The smallest absolute Gasteiger partial charge is 0.335 e. The van der Waals surface area contributed by atoms with Crippen molar-refractivity contribution >= 4 is 16.0 Å². The van der Waals surface area contributed by atoms with Crippen molar-refractivity contribution in [1.29, 1.82) is 0 Å². The molecule has 1 unspecified atom stereocenters. The molecule has 0 saturated heterocycles. The van der Waals surface area contributed by atoms with Crippen LogP contribution < -0.4 is 4.72 Å². The van der Waals surface area contributed by atoms with E-state index in [9.17, 15) is 17.6 Å². The van der Waals surface area contributed by atoms with E-state index in [1.54, 1.807) is 6.92 Å². The summed E-state index contributed by atoms with van der Waals surface area (Å²) >= 11 is 0. The van der Waals surface area contributed by atoms with Gasteiger partial charge in [-0.15, -0.1) is 12.3 Å². The van der Waals surface area contributed by atoms with Crippen molar-refractivity contribution in [2.45, 2.75) is 30.7 Å². The summed E-state index contributed by atoms with van der Waals surface area (Å²) < 4.78 is 40.0. The third-order valence-electron chi connectivity index (χ3n) is 2.65. The molecule has 0 saturated carbocycles. The van der Waals surface area contributed by atoms with Crippen LogP contribution in [0.1, 0.15) is 30.1 Å². The van der Waals surface area contributed by atoms with Crippen LogP contribution in [-0.2, 0) is 10.0 Å². The summed E-state index contributed by atoms with van der Waals surface area (Å²) in [6.45, 7) is 1.74. The molecule has 0 fully saturated rings. The molecule has 108 valence electrons. The van der Waals surface area contributed by atoms with E-state index in [4.69, 9.17) is 11.5 Å². The number of carboxylic acids is 1. The molecule has 20 heavy (non-hydrogen) atoms. The fourth-order valence-corrected chi connectivity index (χ4v) is 2.92. The van der Waals surface area contributed by atoms with Gasteiger partial charge in [-0.1, -0.05) is 6.92 Å². The standard InChI is InChI=1S/C13H14FNO4S/c1-3-5-10(4-2)15-20(18,19)12-7-6-9(13(16)17)8-11(12)14/h1,6-8,10,15H,4-5H2,2H3,(H,16,17). The molecule has 0 bridgehead atoms. The molecule has 0 aliphatic rings. The maximum atomic E-state index is 13.7. The summed E-state index contributed by atoms with van der Waals surface area (Å²) in [5.74, 6) is -0.118. The van der Waals surface area contributed by atoms with Crippen molar-refractivity contribution in [3.63, 3.8) is 0 Å². The molecule has 1 rings (SSSR count). The Kier molecular flexibility index (Phi) is 5.25. The number of hydrogen-bond donors (Lipinski definition) is 2. The minimum atomic E-state index is -4.08. The summed E-state index contributed by atoms with van der Waals surface area (Å²) in [5, 5.41) is 8.70. The van der Waals surface area contributed by atoms with Gasteiger partial charge in [-0.25, -0.2) is 22.3 Å². The zero-order valence-electron chi connectivity index (χ0n) is 10.8. The van der Waals surface area contributed by atoms with Crippen LogP contribution in [0.15, 0.2) is 23.1 Å². The predicted molar refractivity (Wildman–Crippen MR) is 71.2 cm³/mol. The zero-order chi connectivity index (χ0) is 15.3. The van der Waals surface area contributed by atoms with E-state index >= 15 is 0 Å². The number of aromatic carboxylic acids is 1. The lowest BCUT2D eigenvalue weighted by atomic mass is 10.2. The van der Waals surface area contributed by atoms with Crippen molar-refractivity contribution in [3.05, 3.63) is 29.6 Å². The highest BCUT2D eigenvalue weighted by Crippen LogP contribution is 2.17. The van der Waals surface area contributed by atoms with Gasteiger partial charge in [0.15, 0.2) is 0 Å². The molecule has 5 nitrogen and oxygen atoms in total. The number of nitrogens with one attached hydrogen (secondary N) is 1. The van der Waals surface area contributed by atoms with Gasteiger partial charge in [0.2, 0.25) is 10.0 Å². The lowest BCUT2D eigenvalue weighted by Gasteiger charge is -2.15. The highest BCUT2D eigenvalue weighted by Gasteiger charge is 2.23. The largest absolute Gasteiger partial charge is 0.478 e. The average Bonchev–Trinajstić information content (AvgIpc) is 2.37. The van der Waals surface area contributed by atoms with E-state index in [0.29, 0.717) is 12.5 Å². The summed E-state index contributed by atoms with van der Waals surface area (Å²) in [7, 11) is -4.08. The van der Waals surface area contributed by atoms with Crippen LogP contribution in [0.5, 0.6) is 0 Å². The molecule has 7 heteroatoms. The van der Waals surface area contributed by atoms with Crippen LogP contribution in [0.2, 0.25) is 0 Å². The molecule has 1 aromatic carbocycles. The lowest BCUT2D eigenvalue weighted by Crippen LogP contribution is -2.34. The fraction of sp³-hybridized carbons (Fsp3) is 0.308. The van der Waals surface area contributed by atoms with Crippen molar-refractivity contribution in [1.82, 2.24) is 4.72 Å². The maximum absolute atomic E-state index is 13.7. The van der Waals surface area contributed by atoms with Gasteiger partial charge in [-0.3, -0.25) is 0 Å². The molecular weight excluding hydrogens is 285 g/mol. The number of carboxylic acid groups (broad SMARTS) is 1. The number of benzene rings is 1. The van der Waals surface area contributed by atoms with Gasteiger partial charge in [0.1, 0.15) is 10.7 Å². The first-order valence-corrected chi connectivity index (χ1v) is 7.28. The predicted octanol–water partition coefficient (Wildman–Crippen LogP) is 1.60. The lowest BCUT2D eigenvalue weighted by molar-refractivity contribution is 0.0696. The van der Waals surface area contributed by atoms with Crippen LogP contribution in [0.3, 0.4) is 0 Å². The van der Waals surface area contributed by atoms with Gasteiger partial charge in [0.05, 0.1) is 5.56 Å². The van der Waals surface area contributed by atoms with Crippen molar-refractivity contribution < 1.29 is 22.7 Å². The third kappa shape index (κ3) is 3.79. The van der Waals surface area contributed by atoms with E-state index < -0.39 is 32.7 Å². The SMILES string of the molecule is C#CCC(CC)NS(=O)(=O)c1ccc(C(=O)O)cc1F. The molecule has 2 N–H and O–H groups in total. The minimum Gasteiger partial charge on any atom is -0.478 e. The second-order valence-corrected chi connectivity index (χ2v) is 5.77. The van der Waals surface area contributed by atoms with E-state index in [-0.39, 0.29) is 12.0 Å². The Bertz CT molecular complexity index is 649. The zero-order valence-corrected chi connectivity index (χ0v) is 11.6. The second-order valence-electron chi connectivity index (χ2n) is 4.09. The second kappa shape index (κ2) is 6.50. The molecule has 0 aliphatic carbocycles. The molecule has 0 heterocycles. The Hall–Kier alpha value is -1.91. The Balaban J connectivity index is 3.10. The quantitative estimate of drug-likeness (QED) is 0.782. The average molecular weight is 299 g/mol. The Morgan fingerprint density at radius 2 is 2.20 bits per heavy atom. The number of halogens is 1. The summed E-state index contributed by atoms with van der Waals surface area (Å²) in [6, 6.07) is 2.12. The summed E-state index contributed by atoms with van der Waals surface area (Å²) in [6.07, 6.45) is 5.76. The van der Waals surface area contributed by atoms with Gasteiger partial charge >= 0.3 is 5.97 Å². The Morgan fingerprint density at radius 1 is 1.55 bits per heavy atom. The molecular formula is C13H14FNO4S. The maximum Gasteiger partial charge on any atom is 0.335 e. The van der Waals surface area contributed by atoms with Crippen LogP contribution in [-0.4, -0.2) is 25.5 Å². The monoisotopic (exact) mass is 299 g/mol. The summed E-state index contributed by atoms with van der Waals surface area (Å²) in [5.41, 5.74) is -0.322. The Morgan fingerprint density at radius 3 is 2.65 bits per heavy atom. The summed E-state index contributed by atoms with van der Waals surface area (Å²) in [4.78, 5) is 10.1. The first-order chi connectivity index (χ1) is 9.31. The topological polar surface area (TPSA) is 83.5 Å². The van der Waals surface area contributed by atoms with E-state index in [1.807, 2.05) is 0 Å². The molecule has 1 aromatic rings. The highest BCUT2D eigenvalue weighted by atomic mass is 32.2. The molecule has 0 radical (unpaired) electrons. The van der Waals surface area contributed by atoms with Gasteiger partial charge in [0, 0.05) is 12.5 Å². The molecule has 0 amide bonds. The van der Waals surface area contributed by atoms with Gasteiger partial charge in [0.25, 0.3) is 0 Å². The van der Waals surface area contributed by atoms with Crippen LogP contribution >= 0.6 is 0 Å². The normalized spacial score (nSPS) is 12.7. The number of carbonyl (C=O) groups is 1. The minimum absolute atomic E-state index is 0.185. The number of rotatable bonds is 6. The number of terminal acetylenes is 1. The van der Waals surface area contributed by atoms with Crippen molar-refractivity contribution in [2.75, 3.05) is 0 Å². The molecule has 0 aromatic heterocycles. The molecule has 0 spiro atoms. The first kappa shape index (κ1) is 16.1. The van der Waals surface area contributed by atoms with Gasteiger partial charge in [-0.05, 0) is 24.6 Å². The number of hydrogen-bond acceptors (Lipinski definition) is 3. The van der Waals surface area contributed by atoms with Crippen LogP contribution in [0.4, 0.5) is 4.39 Å².